The quantitative estimate of drug-likeness (QED) is 0.383. The van der Waals surface area contributed by atoms with Gasteiger partial charge in [-0.2, -0.15) is 0 Å². The predicted octanol–water partition coefficient (Wildman–Crippen LogP) is 4.16. The minimum atomic E-state index is -0.786. The maximum Gasteiger partial charge on any atom is 0.333 e. The van der Waals surface area contributed by atoms with E-state index in [-0.39, 0.29) is 12.2 Å². The molecule has 0 aliphatic heterocycles. The van der Waals surface area contributed by atoms with Gasteiger partial charge in [-0.25, -0.2) is 18.7 Å². The summed E-state index contributed by atoms with van der Waals surface area (Å²) in [6.07, 6.45) is 4.57. The minimum absolute atomic E-state index is 0.267. The van der Waals surface area contributed by atoms with Crippen molar-refractivity contribution < 1.29 is 8.78 Å². The largest absolute Gasteiger partial charge is 0.333 e. The average Bonchev–Trinajstić information content (AvgIpc) is 3.50. The molecule has 35 heavy (non-hydrogen) atoms. The van der Waals surface area contributed by atoms with Crippen molar-refractivity contribution in [2.24, 2.45) is 0 Å². The van der Waals surface area contributed by atoms with Gasteiger partial charge in [0.2, 0.25) is 0 Å². The topological polar surface area (TPSA) is 94.3 Å². The number of hydrogen-bond acceptors (Lipinski definition) is 5. The minimum Gasteiger partial charge on any atom is -0.292 e. The zero-order chi connectivity index (χ0) is 24.4. The molecule has 3 heterocycles. The molecule has 5 aromatic rings. The first-order chi connectivity index (χ1) is 17.1. The molecule has 5 rings (SSSR count). The average molecular weight is 473 g/mol. The van der Waals surface area contributed by atoms with Crippen LogP contribution in [0.1, 0.15) is 24.6 Å². The molecule has 0 spiro atoms. The number of aromatic amines is 1. The van der Waals surface area contributed by atoms with Crippen molar-refractivity contribution in [1.29, 1.82) is 0 Å². The van der Waals surface area contributed by atoms with Crippen LogP contribution in [0.25, 0.3) is 28.3 Å². The molecular formula is C25H21F2N7O. The Morgan fingerprint density at radius 3 is 2.46 bits per heavy atom. The Morgan fingerprint density at radius 2 is 1.77 bits per heavy atom. The molecular weight excluding hydrogens is 452 g/mol. The molecule has 0 saturated carbocycles. The van der Waals surface area contributed by atoms with Crippen LogP contribution in [-0.2, 0) is 13.0 Å². The summed E-state index contributed by atoms with van der Waals surface area (Å²) in [4.78, 5) is 17.6. The lowest BCUT2D eigenvalue weighted by Gasteiger charge is -2.09. The Labute approximate surface area is 198 Å². The van der Waals surface area contributed by atoms with E-state index in [2.05, 4.69) is 25.6 Å². The van der Waals surface area contributed by atoms with Crippen LogP contribution in [0.5, 0.6) is 0 Å². The summed E-state index contributed by atoms with van der Waals surface area (Å²) in [5.74, 6) is -1.11. The van der Waals surface area contributed by atoms with Gasteiger partial charge in [-0.3, -0.25) is 14.1 Å². The number of hydrogen-bond donors (Lipinski definition) is 1. The van der Waals surface area contributed by atoms with Gasteiger partial charge in [0, 0.05) is 23.7 Å². The normalized spacial score (nSPS) is 11.2. The molecule has 0 aliphatic carbocycles. The highest BCUT2D eigenvalue weighted by Crippen LogP contribution is 2.28. The van der Waals surface area contributed by atoms with E-state index >= 15 is 0 Å². The number of aryl methyl sites for hydroxylation is 1. The van der Waals surface area contributed by atoms with Crippen LogP contribution in [0.2, 0.25) is 0 Å². The van der Waals surface area contributed by atoms with Crippen LogP contribution >= 0.6 is 0 Å². The van der Waals surface area contributed by atoms with Crippen LogP contribution in [0.4, 0.5) is 8.78 Å². The number of halogens is 2. The molecule has 0 amide bonds. The van der Waals surface area contributed by atoms with Gasteiger partial charge in [0.25, 0.3) is 0 Å². The van der Waals surface area contributed by atoms with E-state index in [0.29, 0.717) is 23.6 Å². The van der Waals surface area contributed by atoms with Crippen molar-refractivity contribution in [3.05, 3.63) is 100 Å². The molecule has 3 aromatic heterocycles. The third-order valence-corrected chi connectivity index (χ3v) is 5.73. The number of benzene rings is 2. The summed E-state index contributed by atoms with van der Waals surface area (Å²) in [6, 6.07) is 15.0. The van der Waals surface area contributed by atoms with Gasteiger partial charge in [0.1, 0.15) is 23.0 Å². The second kappa shape index (κ2) is 9.41. The first-order valence-electron chi connectivity index (χ1n) is 11.1. The molecule has 0 aliphatic rings. The third-order valence-electron chi connectivity index (χ3n) is 5.73. The van der Waals surface area contributed by atoms with E-state index in [0.717, 1.165) is 39.8 Å². The van der Waals surface area contributed by atoms with Gasteiger partial charge < -0.3 is 0 Å². The number of aromatic nitrogens is 7. The Morgan fingerprint density at radius 1 is 1.00 bits per heavy atom. The monoisotopic (exact) mass is 473 g/mol. The lowest BCUT2D eigenvalue weighted by atomic mass is 10.0. The van der Waals surface area contributed by atoms with Crippen LogP contribution in [0.15, 0.2) is 71.8 Å². The Bertz CT molecular complexity index is 1500. The third kappa shape index (κ3) is 4.25. The molecule has 0 bridgehead atoms. The van der Waals surface area contributed by atoms with E-state index in [9.17, 15) is 13.6 Å². The highest BCUT2D eigenvalue weighted by molar-refractivity contribution is 5.77. The van der Waals surface area contributed by atoms with E-state index < -0.39 is 17.3 Å². The van der Waals surface area contributed by atoms with Crippen LogP contribution in [-0.4, -0.2) is 34.7 Å². The standard InChI is InChI=1S/C25H21F2N7O/c1-2-5-18-15-34(23-20(26)7-3-8-21(23)27)25(35)33(18)14-16-9-11-17(12-10-16)19-6-4-13-28-22(19)24-29-31-32-30-24/h3-4,6-13,15H,2,5,14H2,1H3,(H,29,30,31,32). The Hall–Kier alpha value is -4.47. The fraction of sp³-hybridized carbons (Fsp3) is 0.160. The maximum atomic E-state index is 14.4. The second-order valence-electron chi connectivity index (χ2n) is 8.03. The van der Waals surface area contributed by atoms with Crippen LogP contribution in [0.3, 0.4) is 0 Å². The van der Waals surface area contributed by atoms with Gasteiger partial charge in [-0.1, -0.05) is 49.7 Å². The summed E-state index contributed by atoms with van der Waals surface area (Å²) in [5.41, 5.74) is 3.09. The van der Waals surface area contributed by atoms with Crippen LogP contribution in [0, 0.1) is 11.6 Å². The van der Waals surface area contributed by atoms with Gasteiger partial charge in [-0.15, -0.1) is 5.10 Å². The first kappa shape index (κ1) is 22.3. The first-order valence-corrected chi connectivity index (χ1v) is 11.1. The number of tetrazole rings is 1. The molecule has 1 N–H and O–H groups in total. The fourth-order valence-corrected chi connectivity index (χ4v) is 4.09. The number of H-pyrrole nitrogens is 1. The summed E-state index contributed by atoms with van der Waals surface area (Å²) in [6.45, 7) is 2.25. The van der Waals surface area contributed by atoms with Gasteiger partial charge >= 0.3 is 5.69 Å². The van der Waals surface area contributed by atoms with Gasteiger partial charge in [0.05, 0.1) is 6.54 Å². The fourth-order valence-electron chi connectivity index (χ4n) is 4.09. The smallest absolute Gasteiger partial charge is 0.292 e. The molecule has 176 valence electrons. The van der Waals surface area contributed by atoms with Crippen molar-refractivity contribution in [2.75, 3.05) is 0 Å². The zero-order valence-corrected chi connectivity index (χ0v) is 18.8. The van der Waals surface area contributed by atoms with Crippen molar-refractivity contribution in [3.63, 3.8) is 0 Å². The number of nitrogens with one attached hydrogen (secondary N) is 1. The van der Waals surface area contributed by atoms with Gasteiger partial charge in [-0.05, 0) is 46.2 Å². The lowest BCUT2D eigenvalue weighted by molar-refractivity contribution is 0.564. The second-order valence-corrected chi connectivity index (χ2v) is 8.03. The van der Waals surface area contributed by atoms with Gasteiger partial charge in [0.15, 0.2) is 5.82 Å². The molecule has 0 saturated heterocycles. The maximum absolute atomic E-state index is 14.4. The predicted molar refractivity (Wildman–Crippen MR) is 126 cm³/mol. The molecule has 2 aromatic carbocycles. The van der Waals surface area contributed by atoms with E-state index in [4.69, 9.17) is 0 Å². The molecule has 8 nitrogen and oxygen atoms in total. The Balaban J connectivity index is 1.49. The van der Waals surface area contributed by atoms with E-state index in [1.165, 1.54) is 12.3 Å². The number of pyridine rings is 1. The van der Waals surface area contributed by atoms with Crippen molar-refractivity contribution in [2.45, 2.75) is 26.3 Å². The zero-order valence-electron chi connectivity index (χ0n) is 18.8. The molecule has 10 heteroatoms. The van der Waals surface area contributed by atoms with Crippen molar-refractivity contribution >= 4 is 0 Å². The van der Waals surface area contributed by atoms with Crippen LogP contribution < -0.4 is 5.69 Å². The number of nitrogens with zero attached hydrogens (tertiary/aromatic N) is 6. The number of imidazole rings is 1. The number of rotatable bonds is 7. The highest BCUT2D eigenvalue weighted by Gasteiger charge is 2.18. The lowest BCUT2D eigenvalue weighted by Crippen LogP contribution is -2.25. The SMILES string of the molecule is CCCc1cn(-c2c(F)cccc2F)c(=O)n1Cc1ccc(-c2cccnc2-c2nnn[nH]2)cc1. The molecule has 0 unspecified atom stereocenters. The summed E-state index contributed by atoms with van der Waals surface area (Å²) in [5, 5.41) is 13.9. The molecule has 0 fully saturated rings. The van der Waals surface area contributed by atoms with E-state index in [1.54, 1.807) is 10.8 Å². The number of para-hydroxylation sites is 1. The summed E-state index contributed by atoms with van der Waals surface area (Å²) < 4.78 is 31.4. The Kier molecular flexibility index (Phi) is 6.01. The molecule has 0 atom stereocenters. The summed E-state index contributed by atoms with van der Waals surface area (Å²) in [7, 11) is 0. The van der Waals surface area contributed by atoms with E-state index in [1.807, 2.05) is 43.3 Å². The van der Waals surface area contributed by atoms with Crippen molar-refractivity contribution in [3.8, 4) is 28.3 Å². The highest BCUT2D eigenvalue weighted by atomic mass is 19.1. The molecule has 0 radical (unpaired) electrons. The van der Waals surface area contributed by atoms with Crippen molar-refractivity contribution in [1.82, 2.24) is 34.7 Å². The summed E-state index contributed by atoms with van der Waals surface area (Å²) >= 11 is 0.